The highest BCUT2D eigenvalue weighted by atomic mass is 35.5. The Morgan fingerprint density at radius 1 is 0.534 bits per heavy atom. The molecule has 12 fully saturated rings. The van der Waals surface area contributed by atoms with Gasteiger partial charge in [-0.25, -0.2) is 35.9 Å². The molecule has 0 aromatic heterocycles. The molecule has 103 heavy (non-hydrogen) atoms. The predicted octanol–water partition coefficient (Wildman–Crippen LogP) is 10.2. The zero-order valence-electron chi connectivity index (χ0n) is 59.4. The summed E-state index contributed by atoms with van der Waals surface area (Å²) in [4.78, 5) is 105. The number of nitrogens with one attached hydrogen (secondary N) is 1. The van der Waals surface area contributed by atoms with E-state index >= 15 is 26.3 Å². The fourth-order valence-electron chi connectivity index (χ4n) is 26.0. The Labute approximate surface area is 611 Å². The summed E-state index contributed by atoms with van der Waals surface area (Å²) in [6.07, 6.45) is 8.37. The molecule has 0 aromatic rings. The molecule has 3 aliphatic heterocycles. The van der Waals surface area contributed by atoms with Crippen LogP contribution in [0.15, 0.2) is 97.1 Å². The number of aliphatic hydroxyl groups excluding tert-OH is 4. The fourth-order valence-corrected chi connectivity index (χ4v) is 27.0. The molecule has 0 radical (unpaired) electrons. The topological polar surface area (TPSA) is 254 Å². The van der Waals surface area contributed by atoms with E-state index in [1.807, 2.05) is 26.4 Å². The van der Waals surface area contributed by atoms with Gasteiger partial charge in [0.1, 0.15) is 25.1 Å². The Hall–Kier alpha value is -5.15. The van der Waals surface area contributed by atoms with Crippen molar-refractivity contribution in [3.8, 4) is 0 Å². The molecule has 26 heteroatoms. The van der Waals surface area contributed by atoms with Gasteiger partial charge in [0, 0.05) is 66.7 Å². The molecule has 15 rings (SSSR count). The Morgan fingerprint density at radius 2 is 0.854 bits per heavy atom. The summed E-state index contributed by atoms with van der Waals surface area (Å²) in [5, 5.41) is 47.7. The van der Waals surface area contributed by atoms with E-state index in [1.165, 1.54) is 88.9 Å². The van der Waals surface area contributed by atoms with E-state index in [4.69, 9.17) is 9.47 Å². The molecule has 0 unspecified atom stereocenters. The lowest BCUT2D eigenvalue weighted by Gasteiger charge is -2.63. The standard InChI is InChI=1S/C27H33F2NO5S.C26H31F2NO6.C24H31F2NO3S.ClH/c1-5-35-23(34)30-12-15-8-17-18-10-20(28)19-9-16(31)6-7-24(19,2)27(18,29)21(32)11-25(17,3)26(15,14-30)22(33)13-36-4;1-4-35-22(34)29-11-14-7-16-17-9-19(27)18-8-15(31)5-6-23(18,2)26(17,28)20(32)10-24(16,3)25(14,13-29)21(33)12-30;1-21-5-4-14(28)7-17(21)18(25)8-16-15-6-13-10-27-12-23(13,20(30)11-31-3)22(15,2)9-19(29)24(16,21)26;/h5-7,9,15,17-18,20-21,32H,1,8,10-14H2,2-4H3;4-6,8,14,16-17,19-20,30,32H,1,7,9-13H2,2-3H3;4-5,7,13,15-16,18-19,27,29H,6,8-12H2,1-3H3;1H/t15-,17-,18-,20-,21-,24-,25-,26+,27-;14-,16-,17-,19-,20-,23-,24-,25+,26-;13-,15-,16-,18-,19-,21-,22-,23+,24-;/m000./s1. The number of rotatable bonds is 10. The Kier molecular flexibility index (Phi) is 19.6. The Bertz CT molecular complexity index is 3840. The Morgan fingerprint density at radius 3 is 1.18 bits per heavy atom. The van der Waals surface area contributed by atoms with Crippen molar-refractivity contribution < 1.29 is 94.6 Å². The van der Waals surface area contributed by atoms with Crippen LogP contribution in [0.2, 0.25) is 0 Å². The van der Waals surface area contributed by atoms with Crippen molar-refractivity contribution in [2.24, 2.45) is 102 Å². The first kappa shape index (κ1) is 77.5. The number of allylic oxidation sites excluding steroid dienone is 12. The van der Waals surface area contributed by atoms with Crippen LogP contribution in [0.3, 0.4) is 0 Å². The van der Waals surface area contributed by atoms with Gasteiger partial charge in [0.2, 0.25) is 0 Å². The van der Waals surface area contributed by atoms with Gasteiger partial charge >= 0.3 is 12.2 Å². The number of halogens is 7. The lowest BCUT2D eigenvalue weighted by molar-refractivity contribution is -0.211. The molecular weight excluding hydrogens is 1400 g/mol. The minimum absolute atomic E-state index is 0. The number of ketones is 6. The second-order valence-electron chi connectivity index (χ2n) is 33.6. The molecular formula is C77H96ClF6N3O14S2. The average molecular weight is 1500 g/mol. The van der Waals surface area contributed by atoms with E-state index in [9.17, 15) is 58.8 Å². The smallest absolute Gasteiger partial charge is 0.414 e. The van der Waals surface area contributed by atoms with Crippen molar-refractivity contribution in [3.63, 3.8) is 0 Å². The second kappa shape index (κ2) is 26.0. The number of likely N-dealkylation sites (tertiary alicyclic amines) is 2. The SMILES string of the molecule is C=COC(=O)N1C[C@@H]2C[C@H]3[C@@H]4C[C@H](F)C5=CC(=O)C=C[C@]5(C)[C@@]4(F)[C@@H](O)C[C@]3(C)[C@]2(C(=O)CO)C1.C=COC(=O)N1C[C@@H]2C[C@H]3[C@@H]4C[C@H](F)C5=CC(=O)C=C[C@]5(C)[C@@]4(F)[C@@H](O)C[C@]3(C)[C@]2(C(=O)CSC)C1.CSCC(=O)[C@@]12CNC[C@@H]1C[C@H]1[C@@H]3C[C@H](F)C4=CC(=O)C=C[C@]4(C)[C@@]3(F)[C@@H](O)C[C@@]12C.Cl. The third-order valence-corrected chi connectivity index (χ3v) is 31.5. The van der Waals surface area contributed by atoms with Crippen LogP contribution in [0.1, 0.15) is 99.3 Å². The van der Waals surface area contributed by atoms with Gasteiger partial charge in [-0.2, -0.15) is 23.5 Å². The maximum Gasteiger partial charge on any atom is 0.414 e. The van der Waals surface area contributed by atoms with Crippen molar-refractivity contribution in [1.29, 1.82) is 0 Å². The van der Waals surface area contributed by atoms with Crippen molar-refractivity contribution in [2.45, 2.75) is 153 Å². The number of nitrogens with zero attached hydrogens (tertiary/aromatic N) is 2. The number of amides is 2. The van der Waals surface area contributed by atoms with Crippen LogP contribution in [0.25, 0.3) is 0 Å². The first-order valence-electron chi connectivity index (χ1n) is 35.8. The molecule has 12 aliphatic carbocycles. The van der Waals surface area contributed by atoms with E-state index in [-0.39, 0.29) is 146 Å². The molecule has 2 amide bonds. The first-order valence-corrected chi connectivity index (χ1v) is 38.6. The van der Waals surface area contributed by atoms with Gasteiger partial charge in [0.15, 0.2) is 51.7 Å². The molecule has 27 atom stereocenters. The van der Waals surface area contributed by atoms with Crippen LogP contribution < -0.4 is 5.32 Å². The van der Waals surface area contributed by atoms with E-state index in [2.05, 4.69) is 18.5 Å². The number of carbonyl (C=O) groups is 8. The van der Waals surface area contributed by atoms with Gasteiger partial charge in [-0.05, 0) is 203 Å². The second-order valence-corrected chi connectivity index (χ2v) is 35.3. The molecule has 9 saturated carbocycles. The zero-order valence-corrected chi connectivity index (χ0v) is 61.9. The normalized spacial score (nSPS) is 48.5. The van der Waals surface area contributed by atoms with Gasteiger partial charge in [0.05, 0.1) is 58.6 Å². The lowest BCUT2D eigenvalue weighted by atomic mass is 9.43. The molecule has 0 spiro atoms. The minimum atomic E-state index is -2.24. The monoisotopic (exact) mass is 1500 g/mol. The highest BCUT2D eigenvalue weighted by Gasteiger charge is 2.82. The van der Waals surface area contributed by atoms with Crippen LogP contribution in [-0.2, 0) is 38.2 Å². The van der Waals surface area contributed by atoms with Crippen molar-refractivity contribution in [1.82, 2.24) is 15.1 Å². The highest BCUT2D eigenvalue weighted by Crippen LogP contribution is 2.78. The molecule has 0 bridgehead atoms. The quantitative estimate of drug-likeness (QED) is 0.101. The number of hydrogen-bond donors (Lipinski definition) is 5. The van der Waals surface area contributed by atoms with Crippen LogP contribution in [-0.4, -0.2) is 201 Å². The number of aliphatic hydroxyl groups is 4. The lowest BCUT2D eigenvalue weighted by Crippen LogP contribution is -2.69. The van der Waals surface area contributed by atoms with Gasteiger partial charge < -0.3 is 45.0 Å². The van der Waals surface area contributed by atoms with Crippen LogP contribution in [0, 0.1) is 102 Å². The summed E-state index contributed by atoms with van der Waals surface area (Å²) in [6, 6.07) is 0. The summed E-state index contributed by atoms with van der Waals surface area (Å²) in [5.74, 6) is -4.95. The summed E-state index contributed by atoms with van der Waals surface area (Å²) in [6.45, 7) is 18.3. The number of ether oxygens (including phenoxy) is 2. The van der Waals surface area contributed by atoms with E-state index < -0.39 is 163 Å². The maximum atomic E-state index is 17.4. The van der Waals surface area contributed by atoms with Gasteiger partial charge in [-0.3, -0.25) is 28.8 Å². The summed E-state index contributed by atoms with van der Waals surface area (Å²) >= 11 is 2.88. The average Bonchev–Trinajstić information content (AvgIpc) is 1.58. The highest BCUT2D eigenvalue weighted by molar-refractivity contribution is 7.99. The summed E-state index contributed by atoms with van der Waals surface area (Å²) in [7, 11) is 0. The van der Waals surface area contributed by atoms with E-state index in [1.54, 1.807) is 20.8 Å². The Balaban J connectivity index is 0.000000145. The van der Waals surface area contributed by atoms with Crippen LogP contribution in [0.5, 0.6) is 0 Å². The molecule has 3 heterocycles. The predicted molar refractivity (Wildman–Crippen MR) is 375 cm³/mol. The zero-order chi connectivity index (χ0) is 74.2. The number of Topliss-reactive ketones (excluding diaryl/α,β-unsaturated/α-hetero) is 3. The molecule has 15 aliphatic rings. The largest absolute Gasteiger partial charge is 0.419 e. The van der Waals surface area contributed by atoms with Gasteiger partial charge in [-0.15, -0.1) is 12.4 Å². The molecule has 3 saturated heterocycles. The summed E-state index contributed by atoms with van der Waals surface area (Å²) in [5.41, 5.74) is -15.9. The third kappa shape index (κ3) is 9.89. The van der Waals surface area contributed by atoms with Gasteiger partial charge in [0.25, 0.3) is 0 Å². The minimum Gasteiger partial charge on any atom is -0.419 e. The molecule has 0 aromatic carbocycles. The molecule has 5 N–H and O–H groups in total. The van der Waals surface area contributed by atoms with Crippen LogP contribution >= 0.6 is 35.9 Å². The van der Waals surface area contributed by atoms with Crippen molar-refractivity contribution in [3.05, 3.63) is 97.1 Å². The van der Waals surface area contributed by atoms with E-state index in [0.29, 0.717) is 38.1 Å². The first-order chi connectivity index (χ1) is 47.9. The number of carbonyl (C=O) groups excluding carboxylic acids is 8. The van der Waals surface area contributed by atoms with Gasteiger partial charge in [-0.1, -0.05) is 52.2 Å². The summed E-state index contributed by atoms with van der Waals surface area (Å²) < 4.78 is 108. The number of fused-ring (bicyclic) bond motifs is 21. The number of thioether (sulfide) groups is 2. The number of hydrogen-bond acceptors (Lipinski definition) is 17. The molecule has 17 nitrogen and oxygen atoms in total. The third-order valence-electron chi connectivity index (χ3n) is 30.4. The fraction of sp³-hybridized carbons (Fsp3) is 0.688. The number of alkyl halides is 6. The maximum absolute atomic E-state index is 17.4. The van der Waals surface area contributed by atoms with Crippen molar-refractivity contribution in [2.75, 3.05) is 69.9 Å². The molecule has 564 valence electrons. The van der Waals surface area contributed by atoms with Crippen LogP contribution in [0.4, 0.5) is 35.9 Å². The van der Waals surface area contributed by atoms with E-state index in [0.717, 1.165) is 18.6 Å². The van der Waals surface area contributed by atoms with Crippen molar-refractivity contribution >= 4 is 82.8 Å².